The molecule has 1 amide bonds. The number of hydrogen-bond donors (Lipinski definition) is 1. The fourth-order valence-electron chi connectivity index (χ4n) is 3.16. The second-order valence-corrected chi connectivity index (χ2v) is 8.92. The first kappa shape index (κ1) is 19.9. The Hall–Kier alpha value is -1.89. The highest BCUT2D eigenvalue weighted by atomic mass is 35.5. The number of carbonyl (C=O) groups is 1. The lowest BCUT2D eigenvalue weighted by molar-refractivity contribution is 0.0723. The number of carbonyl (C=O) groups excluding carboxylic acids is 1. The van der Waals surface area contributed by atoms with Gasteiger partial charge in [0.2, 0.25) is 10.0 Å². The molecule has 1 fully saturated rings. The van der Waals surface area contributed by atoms with Crippen LogP contribution in [-0.4, -0.2) is 32.3 Å². The van der Waals surface area contributed by atoms with E-state index in [2.05, 4.69) is 4.72 Å². The minimum atomic E-state index is -3.76. The molecule has 0 unspecified atom stereocenters. The molecule has 27 heavy (non-hydrogen) atoms. The summed E-state index contributed by atoms with van der Waals surface area (Å²) in [5, 5.41) is 0.505. The lowest BCUT2D eigenvalue weighted by Gasteiger charge is -2.27. The molecule has 0 spiro atoms. The molecule has 1 N–H and O–H groups in total. The Morgan fingerprint density at radius 1 is 1.11 bits per heavy atom. The van der Waals surface area contributed by atoms with Crippen LogP contribution in [0.1, 0.15) is 40.7 Å². The number of rotatable bonds is 5. The van der Waals surface area contributed by atoms with Gasteiger partial charge in [0, 0.05) is 30.2 Å². The Kier molecular flexibility index (Phi) is 6.19. The average molecular weight is 407 g/mol. The van der Waals surface area contributed by atoms with Crippen LogP contribution in [0.5, 0.6) is 0 Å². The summed E-state index contributed by atoms with van der Waals surface area (Å²) < 4.78 is 28.0. The minimum absolute atomic E-state index is 0.0838. The van der Waals surface area contributed by atoms with E-state index in [0.717, 1.165) is 37.9 Å². The molecule has 1 heterocycles. The summed E-state index contributed by atoms with van der Waals surface area (Å²) in [6.07, 6.45) is 3.10. The number of halogens is 1. The Balaban J connectivity index is 1.81. The lowest BCUT2D eigenvalue weighted by atomic mass is 10.1. The Morgan fingerprint density at radius 2 is 1.81 bits per heavy atom. The number of nitrogens with zero attached hydrogens (tertiary/aromatic N) is 1. The first-order chi connectivity index (χ1) is 12.9. The topological polar surface area (TPSA) is 66.5 Å². The van der Waals surface area contributed by atoms with E-state index in [1.54, 1.807) is 35.2 Å². The first-order valence-electron chi connectivity index (χ1n) is 9.01. The third-order valence-corrected chi connectivity index (χ3v) is 6.57. The molecular formula is C20H23ClN2O3S. The second-order valence-electron chi connectivity index (χ2n) is 6.75. The molecule has 3 rings (SSSR count). The predicted octanol–water partition coefficient (Wildman–Crippen LogP) is 3.75. The maximum Gasteiger partial charge on any atom is 0.254 e. The third kappa shape index (κ3) is 4.69. The molecule has 5 nitrogen and oxygen atoms in total. The van der Waals surface area contributed by atoms with Crippen LogP contribution in [0, 0.1) is 6.92 Å². The quantitative estimate of drug-likeness (QED) is 0.822. The summed E-state index contributed by atoms with van der Waals surface area (Å²) in [5.41, 5.74) is 1.91. The Labute approximate surface area is 165 Å². The molecule has 2 aromatic carbocycles. The van der Waals surface area contributed by atoms with E-state index in [1.165, 1.54) is 12.1 Å². The van der Waals surface area contributed by atoms with Gasteiger partial charge in [0.1, 0.15) is 0 Å². The van der Waals surface area contributed by atoms with Crippen molar-refractivity contribution in [1.82, 2.24) is 9.62 Å². The Morgan fingerprint density at radius 3 is 2.52 bits per heavy atom. The fraction of sp³-hybridized carbons (Fsp3) is 0.350. The van der Waals surface area contributed by atoms with Crippen molar-refractivity contribution in [3.8, 4) is 0 Å². The van der Waals surface area contributed by atoms with Crippen molar-refractivity contribution < 1.29 is 13.2 Å². The summed E-state index contributed by atoms with van der Waals surface area (Å²) >= 11 is 6.09. The maximum atomic E-state index is 12.8. The fourth-order valence-corrected chi connectivity index (χ4v) is 4.40. The van der Waals surface area contributed by atoms with Crippen molar-refractivity contribution >= 4 is 27.5 Å². The van der Waals surface area contributed by atoms with Crippen LogP contribution in [0.3, 0.4) is 0 Å². The van der Waals surface area contributed by atoms with Crippen LogP contribution < -0.4 is 4.72 Å². The van der Waals surface area contributed by atoms with E-state index in [4.69, 9.17) is 11.6 Å². The van der Waals surface area contributed by atoms with Crippen molar-refractivity contribution in [2.24, 2.45) is 0 Å². The van der Waals surface area contributed by atoms with Gasteiger partial charge in [-0.25, -0.2) is 13.1 Å². The molecule has 1 aliphatic rings. The third-order valence-electron chi connectivity index (χ3n) is 4.80. The van der Waals surface area contributed by atoms with Crippen LogP contribution in [0.4, 0.5) is 0 Å². The van der Waals surface area contributed by atoms with E-state index in [-0.39, 0.29) is 17.3 Å². The van der Waals surface area contributed by atoms with Crippen LogP contribution >= 0.6 is 11.6 Å². The molecular weight excluding hydrogens is 384 g/mol. The molecule has 0 radical (unpaired) electrons. The number of amides is 1. The largest absolute Gasteiger partial charge is 0.339 e. The van der Waals surface area contributed by atoms with Gasteiger partial charge in [0.25, 0.3) is 5.91 Å². The van der Waals surface area contributed by atoms with Gasteiger partial charge in [-0.3, -0.25) is 4.79 Å². The van der Waals surface area contributed by atoms with Crippen LogP contribution in [0.15, 0.2) is 47.4 Å². The molecule has 144 valence electrons. The van der Waals surface area contributed by atoms with Crippen LogP contribution in [-0.2, 0) is 16.6 Å². The normalized spacial score (nSPS) is 15.0. The van der Waals surface area contributed by atoms with E-state index >= 15 is 0 Å². The van der Waals surface area contributed by atoms with Gasteiger partial charge in [0.15, 0.2) is 0 Å². The number of hydrogen-bond acceptors (Lipinski definition) is 3. The molecule has 2 aromatic rings. The molecule has 0 saturated carbocycles. The summed E-state index contributed by atoms with van der Waals surface area (Å²) in [5.74, 6) is -0.102. The van der Waals surface area contributed by atoms with Crippen LogP contribution in [0.2, 0.25) is 5.02 Å². The number of benzene rings is 2. The molecule has 0 aromatic heterocycles. The SMILES string of the molecule is Cc1ccc(S(=O)(=O)NCc2ccccc2Cl)cc1C(=O)N1CCCCC1. The molecule has 1 saturated heterocycles. The van der Waals surface area contributed by atoms with E-state index in [1.807, 2.05) is 6.92 Å². The van der Waals surface area contributed by atoms with Gasteiger partial charge < -0.3 is 4.90 Å². The summed E-state index contributed by atoms with van der Waals surface area (Å²) in [4.78, 5) is 14.7. The number of piperidine rings is 1. The molecule has 0 bridgehead atoms. The summed E-state index contributed by atoms with van der Waals surface area (Å²) in [7, 11) is -3.76. The lowest BCUT2D eigenvalue weighted by Crippen LogP contribution is -2.36. The summed E-state index contributed by atoms with van der Waals surface area (Å²) in [6.45, 7) is 3.36. The highest BCUT2D eigenvalue weighted by molar-refractivity contribution is 7.89. The molecule has 7 heteroatoms. The number of aryl methyl sites for hydroxylation is 1. The standard InChI is InChI=1S/C20H23ClN2O3S/c1-15-9-10-17(13-18(15)20(24)23-11-5-2-6-12-23)27(25,26)22-14-16-7-3-4-8-19(16)21/h3-4,7-10,13,22H,2,5-6,11-12,14H2,1H3. The van der Waals surface area contributed by atoms with Crippen molar-refractivity contribution in [2.75, 3.05) is 13.1 Å². The highest BCUT2D eigenvalue weighted by Gasteiger charge is 2.22. The smallest absolute Gasteiger partial charge is 0.254 e. The second kappa shape index (κ2) is 8.42. The van der Waals surface area contributed by atoms with Crippen molar-refractivity contribution in [2.45, 2.75) is 37.6 Å². The first-order valence-corrected chi connectivity index (χ1v) is 10.9. The van der Waals surface area contributed by atoms with Gasteiger partial charge in [0.05, 0.1) is 4.90 Å². The van der Waals surface area contributed by atoms with Gasteiger partial charge in [-0.15, -0.1) is 0 Å². The van der Waals surface area contributed by atoms with Crippen molar-refractivity contribution in [3.63, 3.8) is 0 Å². The number of likely N-dealkylation sites (tertiary alicyclic amines) is 1. The number of nitrogens with one attached hydrogen (secondary N) is 1. The average Bonchev–Trinajstić information content (AvgIpc) is 2.68. The zero-order valence-electron chi connectivity index (χ0n) is 15.2. The molecule has 0 aliphatic carbocycles. The van der Waals surface area contributed by atoms with E-state index in [0.29, 0.717) is 16.1 Å². The van der Waals surface area contributed by atoms with Crippen LogP contribution in [0.25, 0.3) is 0 Å². The zero-order valence-corrected chi connectivity index (χ0v) is 16.8. The highest BCUT2D eigenvalue weighted by Crippen LogP contribution is 2.21. The monoisotopic (exact) mass is 406 g/mol. The van der Waals surface area contributed by atoms with Gasteiger partial charge in [-0.1, -0.05) is 35.9 Å². The minimum Gasteiger partial charge on any atom is -0.339 e. The van der Waals surface area contributed by atoms with Gasteiger partial charge in [-0.2, -0.15) is 0 Å². The van der Waals surface area contributed by atoms with Gasteiger partial charge in [-0.05, 0) is 55.5 Å². The Bertz CT molecular complexity index is 938. The van der Waals surface area contributed by atoms with E-state index in [9.17, 15) is 13.2 Å². The summed E-state index contributed by atoms with van der Waals surface area (Å²) in [6, 6.07) is 11.8. The molecule has 1 aliphatic heterocycles. The predicted molar refractivity (Wildman–Crippen MR) is 106 cm³/mol. The zero-order chi connectivity index (χ0) is 19.4. The van der Waals surface area contributed by atoms with Gasteiger partial charge >= 0.3 is 0 Å². The van der Waals surface area contributed by atoms with Crippen molar-refractivity contribution in [3.05, 3.63) is 64.2 Å². The number of sulfonamides is 1. The maximum absolute atomic E-state index is 12.8. The van der Waals surface area contributed by atoms with Crippen molar-refractivity contribution in [1.29, 1.82) is 0 Å². The molecule has 0 atom stereocenters. The van der Waals surface area contributed by atoms with E-state index < -0.39 is 10.0 Å².